The van der Waals surface area contributed by atoms with Gasteiger partial charge in [-0.1, -0.05) is 18.2 Å². The molecule has 2 N–H and O–H groups in total. The summed E-state index contributed by atoms with van der Waals surface area (Å²) in [7, 11) is 0. The highest BCUT2D eigenvalue weighted by Crippen LogP contribution is 2.15. The second-order valence-electron chi connectivity index (χ2n) is 4.53. The van der Waals surface area contributed by atoms with E-state index in [1.54, 1.807) is 48.5 Å². The molecule has 0 aliphatic carbocycles. The van der Waals surface area contributed by atoms with Crippen LogP contribution in [0.15, 0.2) is 48.5 Å². The number of carbonyl (C=O) groups excluding carboxylic acids is 1. The number of amides is 1. The van der Waals surface area contributed by atoms with Crippen molar-refractivity contribution in [1.29, 1.82) is 5.26 Å². The molecule has 0 spiro atoms. The summed E-state index contributed by atoms with van der Waals surface area (Å²) in [5, 5.41) is 14.6. The fourth-order valence-corrected chi connectivity index (χ4v) is 2.11. The average molecular weight is 325 g/mol. The van der Waals surface area contributed by atoms with Gasteiger partial charge in [-0.3, -0.25) is 10.1 Å². The van der Waals surface area contributed by atoms with E-state index in [2.05, 4.69) is 16.7 Å². The molecule has 2 rings (SSSR count). The smallest absolute Gasteiger partial charge is 0.257 e. The van der Waals surface area contributed by atoms with E-state index in [1.807, 2.05) is 6.92 Å². The molecule has 0 atom stereocenters. The van der Waals surface area contributed by atoms with E-state index in [-0.39, 0.29) is 11.0 Å². The zero-order valence-electron chi connectivity index (χ0n) is 12.5. The number of nitrogens with zero attached hydrogens (tertiary/aromatic N) is 1. The van der Waals surface area contributed by atoms with E-state index in [0.29, 0.717) is 29.2 Å². The van der Waals surface area contributed by atoms with Gasteiger partial charge in [0.1, 0.15) is 11.8 Å². The normalized spacial score (nSPS) is 9.57. The molecular weight excluding hydrogens is 310 g/mol. The number of ether oxygens (including phenoxy) is 1. The number of hydrogen-bond acceptors (Lipinski definition) is 4. The van der Waals surface area contributed by atoms with E-state index < -0.39 is 0 Å². The molecule has 0 aliphatic rings. The number of nitrogens with one attached hydrogen (secondary N) is 2. The lowest BCUT2D eigenvalue weighted by Crippen LogP contribution is -2.34. The van der Waals surface area contributed by atoms with Crippen molar-refractivity contribution in [3.05, 3.63) is 59.7 Å². The maximum atomic E-state index is 12.2. The first kappa shape index (κ1) is 16.5. The summed E-state index contributed by atoms with van der Waals surface area (Å²) < 4.78 is 5.36. The van der Waals surface area contributed by atoms with Gasteiger partial charge in [0, 0.05) is 5.56 Å². The van der Waals surface area contributed by atoms with Gasteiger partial charge >= 0.3 is 0 Å². The van der Waals surface area contributed by atoms with E-state index in [0.717, 1.165) is 0 Å². The molecule has 23 heavy (non-hydrogen) atoms. The molecule has 2 aromatic rings. The largest absolute Gasteiger partial charge is 0.494 e. The van der Waals surface area contributed by atoms with Gasteiger partial charge in [-0.05, 0) is 49.5 Å². The van der Waals surface area contributed by atoms with Crippen molar-refractivity contribution in [2.24, 2.45) is 0 Å². The average Bonchev–Trinajstić information content (AvgIpc) is 2.56. The first-order valence-electron chi connectivity index (χ1n) is 6.98. The van der Waals surface area contributed by atoms with Crippen LogP contribution in [0, 0.1) is 11.3 Å². The van der Waals surface area contributed by atoms with Gasteiger partial charge in [0.2, 0.25) is 0 Å². The lowest BCUT2D eigenvalue weighted by Gasteiger charge is -2.11. The fraction of sp³-hybridized carbons (Fsp3) is 0.118. The third-order valence-electron chi connectivity index (χ3n) is 2.93. The van der Waals surface area contributed by atoms with Crippen molar-refractivity contribution < 1.29 is 9.53 Å². The summed E-state index contributed by atoms with van der Waals surface area (Å²) in [5.41, 5.74) is 1.43. The first-order chi connectivity index (χ1) is 11.1. The third-order valence-corrected chi connectivity index (χ3v) is 3.13. The molecular formula is C17H15N3O2S. The van der Waals surface area contributed by atoms with Crippen molar-refractivity contribution in [3.63, 3.8) is 0 Å². The predicted octanol–water partition coefficient (Wildman–Crippen LogP) is 3.08. The van der Waals surface area contributed by atoms with Gasteiger partial charge in [0.05, 0.1) is 17.9 Å². The number of benzene rings is 2. The first-order valence-corrected chi connectivity index (χ1v) is 7.39. The number of anilines is 1. The second kappa shape index (κ2) is 7.92. The van der Waals surface area contributed by atoms with Crippen LogP contribution in [0.2, 0.25) is 0 Å². The van der Waals surface area contributed by atoms with Gasteiger partial charge in [-0.2, -0.15) is 5.26 Å². The summed E-state index contributed by atoms with van der Waals surface area (Å²) in [6.45, 7) is 2.40. The Morgan fingerprint density at radius 2 is 2.04 bits per heavy atom. The van der Waals surface area contributed by atoms with Gasteiger partial charge in [-0.15, -0.1) is 0 Å². The molecule has 0 bridgehead atoms. The van der Waals surface area contributed by atoms with E-state index in [9.17, 15) is 4.79 Å². The number of para-hydroxylation sites is 1. The maximum Gasteiger partial charge on any atom is 0.257 e. The van der Waals surface area contributed by atoms with Crippen LogP contribution in [0.5, 0.6) is 5.75 Å². The van der Waals surface area contributed by atoms with Crippen LogP contribution >= 0.6 is 12.2 Å². The molecule has 0 fully saturated rings. The Hall–Kier alpha value is -2.91. The third kappa shape index (κ3) is 4.53. The van der Waals surface area contributed by atoms with E-state index in [1.165, 1.54) is 0 Å². The lowest BCUT2D eigenvalue weighted by atomic mass is 10.2. The van der Waals surface area contributed by atoms with Crippen LogP contribution in [0.3, 0.4) is 0 Å². The highest BCUT2D eigenvalue weighted by molar-refractivity contribution is 7.80. The quantitative estimate of drug-likeness (QED) is 0.845. The number of thiocarbonyl (C=S) groups is 1. The Kier molecular flexibility index (Phi) is 5.67. The van der Waals surface area contributed by atoms with Crippen LogP contribution in [0.1, 0.15) is 22.8 Å². The Balaban J connectivity index is 2.04. The molecule has 0 unspecified atom stereocenters. The molecule has 6 heteroatoms. The topological polar surface area (TPSA) is 74.2 Å². The number of hydrogen-bond donors (Lipinski definition) is 2. The Morgan fingerprint density at radius 3 is 2.78 bits per heavy atom. The molecule has 1 amide bonds. The zero-order chi connectivity index (χ0) is 16.7. The van der Waals surface area contributed by atoms with Crippen molar-refractivity contribution in [2.45, 2.75) is 6.92 Å². The highest BCUT2D eigenvalue weighted by atomic mass is 32.1. The summed E-state index contributed by atoms with van der Waals surface area (Å²) in [6, 6.07) is 15.8. The zero-order valence-corrected chi connectivity index (χ0v) is 13.3. The fourth-order valence-electron chi connectivity index (χ4n) is 1.91. The Labute approximate surface area is 139 Å². The standard InChI is InChI=1S/C17H15N3O2S/c1-2-22-14-8-5-7-12(10-14)16(21)20-17(23)19-15-9-4-3-6-13(15)11-18/h3-10H,2H2,1H3,(H2,19,20,21,23). The molecule has 0 radical (unpaired) electrons. The van der Waals surface area contributed by atoms with Gasteiger partial charge in [0.15, 0.2) is 5.11 Å². The summed E-state index contributed by atoms with van der Waals surface area (Å²) >= 11 is 5.12. The van der Waals surface area contributed by atoms with Gasteiger partial charge in [-0.25, -0.2) is 0 Å². The summed E-state index contributed by atoms with van der Waals surface area (Å²) in [5.74, 6) is 0.271. The summed E-state index contributed by atoms with van der Waals surface area (Å²) in [6.07, 6.45) is 0. The summed E-state index contributed by atoms with van der Waals surface area (Å²) in [4.78, 5) is 12.2. The van der Waals surface area contributed by atoms with Crippen molar-refractivity contribution in [1.82, 2.24) is 5.32 Å². The van der Waals surface area contributed by atoms with Crippen molar-refractivity contribution in [3.8, 4) is 11.8 Å². The molecule has 2 aromatic carbocycles. The monoisotopic (exact) mass is 325 g/mol. The van der Waals surface area contributed by atoms with Crippen molar-refractivity contribution >= 4 is 28.9 Å². The molecule has 0 saturated heterocycles. The second-order valence-corrected chi connectivity index (χ2v) is 4.93. The van der Waals surface area contributed by atoms with E-state index in [4.69, 9.17) is 22.2 Å². The van der Waals surface area contributed by atoms with Crippen LogP contribution in [0.4, 0.5) is 5.69 Å². The predicted molar refractivity (Wildman–Crippen MR) is 92.5 cm³/mol. The maximum absolute atomic E-state index is 12.2. The minimum Gasteiger partial charge on any atom is -0.494 e. The lowest BCUT2D eigenvalue weighted by molar-refractivity contribution is 0.0977. The van der Waals surface area contributed by atoms with Crippen LogP contribution in [0.25, 0.3) is 0 Å². The van der Waals surface area contributed by atoms with Crippen LogP contribution in [-0.2, 0) is 0 Å². The molecule has 0 aliphatic heterocycles. The van der Waals surface area contributed by atoms with Crippen molar-refractivity contribution in [2.75, 3.05) is 11.9 Å². The highest BCUT2D eigenvalue weighted by Gasteiger charge is 2.10. The molecule has 5 nitrogen and oxygen atoms in total. The number of carbonyl (C=O) groups is 1. The molecule has 116 valence electrons. The number of rotatable bonds is 4. The van der Waals surface area contributed by atoms with Gasteiger partial charge in [0.25, 0.3) is 5.91 Å². The number of nitriles is 1. The molecule has 0 saturated carbocycles. The minimum atomic E-state index is -0.349. The Morgan fingerprint density at radius 1 is 1.26 bits per heavy atom. The van der Waals surface area contributed by atoms with Crippen LogP contribution in [-0.4, -0.2) is 17.6 Å². The SMILES string of the molecule is CCOc1cccc(C(=O)NC(=S)Nc2ccccc2C#N)c1. The molecule has 0 aromatic heterocycles. The van der Waals surface area contributed by atoms with E-state index >= 15 is 0 Å². The minimum absolute atomic E-state index is 0.125. The molecule has 0 heterocycles. The Bertz CT molecular complexity index is 768. The van der Waals surface area contributed by atoms with Gasteiger partial charge < -0.3 is 10.1 Å². The van der Waals surface area contributed by atoms with Crippen LogP contribution < -0.4 is 15.4 Å².